The summed E-state index contributed by atoms with van der Waals surface area (Å²) in [5.41, 5.74) is 0.924. The van der Waals surface area contributed by atoms with Gasteiger partial charge in [-0.2, -0.15) is 0 Å². The molecule has 1 aromatic rings. The molecule has 0 bridgehead atoms. The van der Waals surface area contributed by atoms with Gasteiger partial charge in [0, 0.05) is 17.2 Å². The highest BCUT2D eigenvalue weighted by molar-refractivity contribution is 9.10. The van der Waals surface area contributed by atoms with E-state index in [1.165, 1.54) is 0 Å². The number of fused-ring (bicyclic) bond motifs is 1. The van der Waals surface area contributed by atoms with Crippen molar-refractivity contribution in [1.29, 1.82) is 0 Å². The highest BCUT2D eigenvalue weighted by Gasteiger charge is 2.41. The maximum absolute atomic E-state index is 13.0. The first kappa shape index (κ1) is 17.5. The van der Waals surface area contributed by atoms with Crippen LogP contribution in [0.3, 0.4) is 0 Å². The normalized spacial score (nSPS) is 22.6. The Hall–Kier alpha value is -1.93. The quantitative estimate of drug-likeness (QED) is 0.790. The maximum Gasteiger partial charge on any atom is 0.256 e. The van der Waals surface area contributed by atoms with Gasteiger partial charge in [-0.3, -0.25) is 4.79 Å². The summed E-state index contributed by atoms with van der Waals surface area (Å²) in [6.07, 6.45) is 7.86. The third-order valence-corrected chi connectivity index (χ3v) is 6.68. The standard InChI is InChI=1S/C18H18BrN3O3S/c19-14-5-1-4-13(12-14)18(7-3-8-18)20-17(23)15-6-2-9-22-10-11-26(24,25)21-16(15)22/h1-2,4-6,9,12H,3,7-8,10-11H2,(H,20,23). The molecule has 1 saturated carbocycles. The lowest BCUT2D eigenvalue weighted by Gasteiger charge is -2.43. The number of rotatable bonds is 3. The molecule has 0 radical (unpaired) electrons. The van der Waals surface area contributed by atoms with Crippen LogP contribution in [-0.2, 0) is 20.4 Å². The van der Waals surface area contributed by atoms with E-state index in [0.717, 1.165) is 29.3 Å². The Kier molecular flexibility index (Phi) is 4.27. The lowest BCUT2D eigenvalue weighted by molar-refractivity contribution is -0.120. The summed E-state index contributed by atoms with van der Waals surface area (Å²) in [4.78, 5) is 14.7. The number of sulfonamides is 1. The van der Waals surface area contributed by atoms with Gasteiger partial charge in [0.2, 0.25) is 0 Å². The number of hydrogen-bond donors (Lipinski definition) is 1. The average molecular weight is 436 g/mol. The van der Waals surface area contributed by atoms with Gasteiger partial charge >= 0.3 is 0 Å². The van der Waals surface area contributed by atoms with Crippen molar-refractivity contribution in [3.05, 3.63) is 58.2 Å². The topological polar surface area (TPSA) is 78.8 Å². The molecule has 0 unspecified atom stereocenters. The van der Waals surface area contributed by atoms with Crippen LogP contribution in [0.15, 0.2) is 57.1 Å². The van der Waals surface area contributed by atoms with Crippen LogP contribution in [0.4, 0.5) is 0 Å². The average Bonchev–Trinajstić information content (AvgIpc) is 2.56. The Morgan fingerprint density at radius 3 is 2.81 bits per heavy atom. The van der Waals surface area contributed by atoms with Gasteiger partial charge in [-0.15, -0.1) is 4.40 Å². The molecule has 0 spiro atoms. The van der Waals surface area contributed by atoms with Crippen LogP contribution in [0, 0.1) is 0 Å². The van der Waals surface area contributed by atoms with Crippen LogP contribution < -0.4 is 5.32 Å². The summed E-state index contributed by atoms with van der Waals surface area (Å²) in [5, 5.41) is 3.14. The summed E-state index contributed by atoms with van der Waals surface area (Å²) < 4.78 is 28.6. The van der Waals surface area contributed by atoms with E-state index < -0.39 is 15.6 Å². The number of carbonyl (C=O) groups is 1. The van der Waals surface area contributed by atoms with E-state index in [0.29, 0.717) is 6.54 Å². The number of nitrogens with one attached hydrogen (secondary N) is 1. The highest BCUT2D eigenvalue weighted by Crippen LogP contribution is 2.42. The molecule has 1 aliphatic carbocycles. The Bertz CT molecular complexity index is 962. The van der Waals surface area contributed by atoms with Crippen molar-refractivity contribution >= 4 is 37.7 Å². The SMILES string of the molecule is O=C(NC1(c2cccc(Br)c2)CCC1)C1=CC=CN2CCS(=O)(=O)N=C12. The molecule has 8 heteroatoms. The van der Waals surface area contributed by atoms with E-state index >= 15 is 0 Å². The third kappa shape index (κ3) is 3.12. The number of amides is 1. The molecule has 4 rings (SSSR count). The molecule has 3 aliphatic rings. The molecule has 2 aliphatic heterocycles. The van der Waals surface area contributed by atoms with Gasteiger partial charge in [-0.05, 0) is 49.1 Å². The number of allylic oxidation sites excluding steroid dienone is 2. The van der Waals surface area contributed by atoms with E-state index in [-0.39, 0.29) is 23.1 Å². The second-order valence-corrected chi connectivity index (χ2v) is 9.39. The fraction of sp³-hybridized carbons (Fsp3) is 0.333. The molecule has 0 saturated heterocycles. The fourth-order valence-electron chi connectivity index (χ4n) is 3.48. The fourth-order valence-corrected chi connectivity index (χ4v) is 4.87. The Balaban J connectivity index is 1.64. The monoisotopic (exact) mass is 435 g/mol. The molecule has 6 nitrogen and oxygen atoms in total. The second-order valence-electron chi connectivity index (χ2n) is 6.72. The number of nitrogens with zero attached hydrogens (tertiary/aromatic N) is 2. The van der Waals surface area contributed by atoms with Crippen LogP contribution in [-0.4, -0.2) is 37.4 Å². The largest absolute Gasteiger partial charge is 0.342 e. The summed E-state index contributed by atoms with van der Waals surface area (Å²) in [6, 6.07) is 7.93. The van der Waals surface area contributed by atoms with Crippen LogP contribution in [0.1, 0.15) is 24.8 Å². The summed E-state index contributed by atoms with van der Waals surface area (Å²) in [6.45, 7) is 0.305. The van der Waals surface area contributed by atoms with Crippen LogP contribution in [0.25, 0.3) is 0 Å². The van der Waals surface area contributed by atoms with Gasteiger partial charge in [0.1, 0.15) is 0 Å². The van der Waals surface area contributed by atoms with Crippen molar-refractivity contribution in [2.24, 2.45) is 4.40 Å². The molecule has 26 heavy (non-hydrogen) atoms. The molecule has 0 atom stereocenters. The number of halogens is 1. The number of carbonyl (C=O) groups excluding carboxylic acids is 1. The van der Waals surface area contributed by atoms with E-state index in [1.807, 2.05) is 24.3 Å². The zero-order valence-corrected chi connectivity index (χ0v) is 16.4. The zero-order chi connectivity index (χ0) is 18.4. The van der Waals surface area contributed by atoms with Crippen molar-refractivity contribution in [1.82, 2.24) is 10.2 Å². The lowest BCUT2D eigenvalue weighted by Crippen LogP contribution is -2.53. The first-order valence-electron chi connectivity index (χ1n) is 8.45. The molecule has 1 aromatic carbocycles. The Labute approximate surface area is 160 Å². The molecule has 136 valence electrons. The zero-order valence-electron chi connectivity index (χ0n) is 14.0. The smallest absolute Gasteiger partial charge is 0.256 e. The van der Waals surface area contributed by atoms with Crippen molar-refractivity contribution in [2.45, 2.75) is 24.8 Å². The molecule has 1 fully saturated rings. The number of benzene rings is 1. The Morgan fingerprint density at radius 2 is 2.12 bits per heavy atom. The van der Waals surface area contributed by atoms with Crippen LogP contribution in [0.5, 0.6) is 0 Å². The molecule has 2 heterocycles. The van der Waals surface area contributed by atoms with Gasteiger partial charge in [0.15, 0.2) is 5.84 Å². The molecular formula is C18H18BrN3O3S. The number of amidine groups is 1. The summed E-state index contributed by atoms with van der Waals surface area (Å²) in [7, 11) is -3.53. The maximum atomic E-state index is 13.0. The summed E-state index contributed by atoms with van der Waals surface area (Å²) >= 11 is 3.48. The minimum Gasteiger partial charge on any atom is -0.342 e. The van der Waals surface area contributed by atoms with Crippen LogP contribution in [0.2, 0.25) is 0 Å². The van der Waals surface area contributed by atoms with E-state index in [1.54, 1.807) is 23.3 Å². The molecular weight excluding hydrogens is 418 g/mol. The van der Waals surface area contributed by atoms with Gasteiger partial charge in [-0.25, -0.2) is 8.42 Å². The molecule has 0 aromatic heterocycles. The van der Waals surface area contributed by atoms with Crippen molar-refractivity contribution in [2.75, 3.05) is 12.3 Å². The predicted molar refractivity (Wildman–Crippen MR) is 103 cm³/mol. The van der Waals surface area contributed by atoms with Crippen molar-refractivity contribution < 1.29 is 13.2 Å². The predicted octanol–water partition coefficient (Wildman–Crippen LogP) is 2.44. The molecule has 1 amide bonds. The minimum absolute atomic E-state index is 0.0439. The number of hydrogen-bond acceptors (Lipinski definition) is 4. The molecule has 1 N–H and O–H groups in total. The van der Waals surface area contributed by atoms with E-state index in [4.69, 9.17) is 0 Å². The Morgan fingerprint density at radius 1 is 1.31 bits per heavy atom. The lowest BCUT2D eigenvalue weighted by atomic mass is 9.71. The first-order valence-corrected chi connectivity index (χ1v) is 10.9. The van der Waals surface area contributed by atoms with E-state index in [2.05, 4.69) is 25.6 Å². The second kappa shape index (κ2) is 6.35. The van der Waals surface area contributed by atoms with Crippen molar-refractivity contribution in [3.8, 4) is 0 Å². The van der Waals surface area contributed by atoms with Gasteiger partial charge in [0.25, 0.3) is 15.9 Å². The first-order chi connectivity index (χ1) is 12.4. The minimum atomic E-state index is -3.53. The summed E-state index contributed by atoms with van der Waals surface area (Å²) in [5.74, 6) is -0.132. The van der Waals surface area contributed by atoms with Crippen LogP contribution >= 0.6 is 15.9 Å². The highest BCUT2D eigenvalue weighted by atomic mass is 79.9. The van der Waals surface area contributed by atoms with Gasteiger partial charge in [0.05, 0.1) is 16.9 Å². The van der Waals surface area contributed by atoms with Crippen molar-refractivity contribution in [3.63, 3.8) is 0 Å². The van der Waals surface area contributed by atoms with Gasteiger partial charge < -0.3 is 10.2 Å². The third-order valence-electron chi connectivity index (χ3n) is 5.04. The van der Waals surface area contributed by atoms with Gasteiger partial charge in [-0.1, -0.05) is 28.1 Å². The van der Waals surface area contributed by atoms with E-state index in [9.17, 15) is 13.2 Å².